The second kappa shape index (κ2) is 8.24. The largest absolute Gasteiger partial charge is 0.508 e. The molecule has 0 saturated carbocycles. The van der Waals surface area contributed by atoms with Crippen molar-refractivity contribution in [2.24, 2.45) is 0 Å². The van der Waals surface area contributed by atoms with Gasteiger partial charge in [-0.1, -0.05) is 41.5 Å². The van der Waals surface area contributed by atoms with Gasteiger partial charge in [-0.2, -0.15) is 4.31 Å². The lowest BCUT2D eigenvalue weighted by Gasteiger charge is -2.29. The summed E-state index contributed by atoms with van der Waals surface area (Å²) in [6, 6.07) is 10.0. The van der Waals surface area contributed by atoms with E-state index in [0.29, 0.717) is 24.0 Å². The molecule has 1 fully saturated rings. The maximum absolute atomic E-state index is 13.1. The predicted octanol–water partition coefficient (Wildman–Crippen LogP) is 5.08. The van der Waals surface area contributed by atoms with Gasteiger partial charge in [-0.05, 0) is 59.1 Å². The molecule has 182 valence electrons. The number of aromatic nitrogens is 1. The van der Waals surface area contributed by atoms with Gasteiger partial charge in [0.1, 0.15) is 5.75 Å². The molecule has 0 bridgehead atoms. The first-order valence-electron chi connectivity index (χ1n) is 11.8. The average Bonchev–Trinajstić information content (AvgIpc) is 3.28. The van der Waals surface area contributed by atoms with Crippen molar-refractivity contribution in [1.82, 2.24) is 8.87 Å². The van der Waals surface area contributed by atoms with E-state index in [2.05, 4.69) is 41.5 Å². The van der Waals surface area contributed by atoms with Gasteiger partial charge in [0.05, 0.1) is 16.1 Å². The fourth-order valence-electron chi connectivity index (χ4n) is 4.66. The van der Waals surface area contributed by atoms with Gasteiger partial charge in [-0.15, -0.1) is 0 Å². The lowest BCUT2D eigenvalue weighted by Crippen LogP contribution is -2.28. The molecule has 1 aliphatic rings. The highest BCUT2D eigenvalue weighted by Crippen LogP contribution is 2.39. The summed E-state index contributed by atoms with van der Waals surface area (Å²) in [6.45, 7) is 13.5. The van der Waals surface area contributed by atoms with Crippen molar-refractivity contribution >= 4 is 20.9 Å². The number of pyridine rings is 1. The van der Waals surface area contributed by atoms with Crippen LogP contribution in [0.3, 0.4) is 0 Å². The Hall–Kier alpha value is -2.64. The normalized spacial score (nSPS) is 15.8. The van der Waals surface area contributed by atoms with Crippen molar-refractivity contribution in [3.05, 3.63) is 63.9 Å². The highest BCUT2D eigenvalue weighted by molar-refractivity contribution is 7.89. The number of benzene rings is 2. The molecule has 0 spiro atoms. The lowest BCUT2D eigenvalue weighted by atomic mass is 9.79. The zero-order chi connectivity index (χ0) is 25.1. The maximum Gasteiger partial charge on any atom is 0.243 e. The molecule has 34 heavy (non-hydrogen) atoms. The molecule has 0 aliphatic carbocycles. The fourth-order valence-corrected chi connectivity index (χ4v) is 6.20. The van der Waals surface area contributed by atoms with Crippen LogP contribution in [0, 0.1) is 0 Å². The molecular formula is C27H34N2O4S. The predicted molar refractivity (Wildman–Crippen MR) is 137 cm³/mol. The molecular weight excluding hydrogens is 448 g/mol. The third-order valence-corrected chi connectivity index (χ3v) is 8.46. The number of phenolic OH excluding ortho intramolecular Hbond substituents is 1. The summed E-state index contributed by atoms with van der Waals surface area (Å²) in [5.41, 5.74) is 2.52. The number of fused-ring (bicyclic) bond motifs is 1. The first-order chi connectivity index (χ1) is 15.7. The van der Waals surface area contributed by atoms with Crippen molar-refractivity contribution in [3.63, 3.8) is 0 Å². The van der Waals surface area contributed by atoms with Crippen LogP contribution in [0.2, 0.25) is 0 Å². The number of sulfonamides is 1. The van der Waals surface area contributed by atoms with Crippen molar-refractivity contribution in [3.8, 4) is 11.4 Å². The Kier molecular flexibility index (Phi) is 5.93. The Balaban J connectivity index is 1.97. The van der Waals surface area contributed by atoms with E-state index in [1.807, 2.05) is 10.6 Å². The SMILES string of the molecule is CC(C)(C)c1cc(C(C)(C)C)c(-n2ccc(=O)c3cc(S(=O)(=O)N4CCCC4)ccc32)cc1O. The molecule has 7 heteroatoms. The van der Waals surface area contributed by atoms with Gasteiger partial charge in [0.2, 0.25) is 10.0 Å². The van der Waals surface area contributed by atoms with Crippen LogP contribution in [0.5, 0.6) is 5.75 Å². The Bertz CT molecular complexity index is 1420. The number of nitrogens with zero attached hydrogens (tertiary/aromatic N) is 2. The number of phenols is 1. The summed E-state index contributed by atoms with van der Waals surface area (Å²) in [7, 11) is -3.64. The zero-order valence-corrected chi connectivity index (χ0v) is 21.7. The molecule has 1 saturated heterocycles. The summed E-state index contributed by atoms with van der Waals surface area (Å²) in [6.07, 6.45) is 3.40. The fraction of sp³-hybridized carbons (Fsp3) is 0.444. The van der Waals surface area contributed by atoms with E-state index in [0.717, 1.165) is 29.7 Å². The van der Waals surface area contributed by atoms with Crippen molar-refractivity contribution in [1.29, 1.82) is 0 Å². The van der Waals surface area contributed by atoms with Gasteiger partial charge in [-0.3, -0.25) is 4.79 Å². The van der Waals surface area contributed by atoms with Crippen molar-refractivity contribution in [2.45, 2.75) is 70.1 Å². The van der Waals surface area contributed by atoms with Crippen LogP contribution in [0.25, 0.3) is 16.6 Å². The average molecular weight is 483 g/mol. The molecule has 4 rings (SSSR count). The molecule has 0 unspecified atom stereocenters. The molecule has 2 aromatic carbocycles. The molecule has 0 radical (unpaired) electrons. The van der Waals surface area contributed by atoms with Gasteiger partial charge >= 0.3 is 0 Å². The van der Waals surface area contributed by atoms with E-state index in [1.165, 1.54) is 16.4 Å². The van der Waals surface area contributed by atoms with Gasteiger partial charge in [-0.25, -0.2) is 8.42 Å². The molecule has 0 atom stereocenters. The maximum atomic E-state index is 13.1. The Morgan fingerprint density at radius 3 is 2.06 bits per heavy atom. The third-order valence-electron chi connectivity index (χ3n) is 6.56. The highest BCUT2D eigenvalue weighted by atomic mass is 32.2. The van der Waals surface area contributed by atoms with Crippen molar-refractivity contribution < 1.29 is 13.5 Å². The van der Waals surface area contributed by atoms with Crippen LogP contribution in [-0.2, 0) is 20.9 Å². The monoisotopic (exact) mass is 482 g/mol. The first-order valence-corrected chi connectivity index (χ1v) is 13.2. The van der Waals surface area contributed by atoms with Crippen molar-refractivity contribution in [2.75, 3.05) is 13.1 Å². The third kappa shape index (κ3) is 4.27. The molecule has 2 heterocycles. The van der Waals surface area contributed by atoms with Crippen LogP contribution in [0.15, 0.2) is 52.3 Å². The molecule has 1 aromatic heterocycles. The number of hydrogen-bond acceptors (Lipinski definition) is 4. The van der Waals surface area contributed by atoms with E-state index in [1.54, 1.807) is 24.4 Å². The quantitative estimate of drug-likeness (QED) is 0.565. The minimum absolute atomic E-state index is 0.138. The summed E-state index contributed by atoms with van der Waals surface area (Å²) < 4.78 is 29.5. The Morgan fingerprint density at radius 2 is 1.47 bits per heavy atom. The number of rotatable bonds is 3. The van der Waals surface area contributed by atoms with E-state index in [4.69, 9.17) is 0 Å². The topological polar surface area (TPSA) is 79.6 Å². The standard InChI is InChI=1S/C27H34N2O4S/c1-26(2,3)20-16-21(27(4,5)6)25(31)17-23(20)29-14-11-24(30)19-15-18(9-10-22(19)29)34(32,33)28-12-7-8-13-28/h9-11,14-17,31H,7-8,12-13H2,1-6H3. The molecule has 1 N–H and O–H groups in total. The van der Waals surface area contributed by atoms with Gasteiger partial charge in [0.25, 0.3) is 0 Å². The zero-order valence-electron chi connectivity index (χ0n) is 20.8. The molecule has 3 aromatic rings. The first kappa shape index (κ1) is 24.5. The highest BCUT2D eigenvalue weighted by Gasteiger charge is 2.29. The molecule has 0 amide bonds. The summed E-state index contributed by atoms with van der Waals surface area (Å²) in [4.78, 5) is 13.0. The van der Waals surface area contributed by atoms with E-state index in [9.17, 15) is 18.3 Å². The summed E-state index contributed by atoms with van der Waals surface area (Å²) >= 11 is 0. The number of hydrogen-bond donors (Lipinski definition) is 1. The second-order valence-corrected chi connectivity index (χ2v) is 13.2. The molecule has 6 nitrogen and oxygen atoms in total. The van der Waals surface area contributed by atoms with Crippen LogP contribution >= 0.6 is 0 Å². The van der Waals surface area contributed by atoms with Crippen LogP contribution < -0.4 is 5.43 Å². The smallest absolute Gasteiger partial charge is 0.243 e. The van der Waals surface area contributed by atoms with Gasteiger partial charge in [0.15, 0.2) is 5.43 Å². The second-order valence-electron chi connectivity index (χ2n) is 11.2. The van der Waals surface area contributed by atoms with E-state index < -0.39 is 10.0 Å². The minimum atomic E-state index is -3.64. The Labute approximate surface area is 201 Å². The van der Waals surface area contributed by atoms with Crippen LogP contribution in [0.1, 0.15) is 65.5 Å². The summed E-state index contributed by atoms with van der Waals surface area (Å²) in [5.74, 6) is 0.190. The van der Waals surface area contributed by atoms with Gasteiger partial charge in [0, 0.05) is 36.8 Å². The van der Waals surface area contributed by atoms with Crippen LogP contribution in [-0.4, -0.2) is 35.5 Å². The minimum Gasteiger partial charge on any atom is -0.508 e. The lowest BCUT2D eigenvalue weighted by molar-refractivity contribution is 0.444. The molecule has 1 aliphatic heterocycles. The van der Waals surface area contributed by atoms with Gasteiger partial charge < -0.3 is 9.67 Å². The summed E-state index contributed by atoms with van der Waals surface area (Å²) in [5, 5.41) is 11.3. The number of aromatic hydroxyl groups is 1. The van der Waals surface area contributed by atoms with Crippen LogP contribution in [0.4, 0.5) is 0 Å². The van der Waals surface area contributed by atoms with E-state index >= 15 is 0 Å². The van der Waals surface area contributed by atoms with E-state index in [-0.39, 0.29) is 26.9 Å². The Morgan fingerprint density at radius 1 is 0.853 bits per heavy atom.